The van der Waals surface area contributed by atoms with E-state index in [0.717, 1.165) is 0 Å². The Hall–Kier alpha value is -2.05. The average molecular weight is 291 g/mol. The molecule has 6 nitrogen and oxygen atoms in total. The van der Waals surface area contributed by atoms with Crippen molar-refractivity contribution in [1.29, 1.82) is 5.26 Å². The number of esters is 1. The van der Waals surface area contributed by atoms with Crippen molar-refractivity contribution in [3.05, 3.63) is 35.4 Å². The molecule has 102 valence electrons. The lowest BCUT2D eigenvalue weighted by Gasteiger charge is -2.11. The number of carbonyl (C=O) groups is 1. The highest BCUT2D eigenvalue weighted by molar-refractivity contribution is 7.87. The fourth-order valence-electron chi connectivity index (χ4n) is 1.01. The Bertz CT molecular complexity index is 618. The second-order valence-electron chi connectivity index (χ2n) is 3.38. The van der Waals surface area contributed by atoms with E-state index in [4.69, 9.17) is 9.81 Å². The van der Waals surface area contributed by atoms with Crippen LogP contribution in [0.5, 0.6) is 0 Å². The number of ether oxygens (including phenoxy) is 1. The second-order valence-corrected chi connectivity index (χ2v) is 4.84. The van der Waals surface area contributed by atoms with Crippen LogP contribution in [-0.4, -0.2) is 24.2 Å². The van der Waals surface area contributed by atoms with E-state index in [0.29, 0.717) is 5.56 Å². The SMILES string of the molecule is N#Cc1ccc(COC(=O)C(F)(F)S(=O)(=O)O)cc1. The highest BCUT2D eigenvalue weighted by atomic mass is 32.2. The van der Waals surface area contributed by atoms with Crippen molar-refractivity contribution in [2.24, 2.45) is 0 Å². The standard InChI is InChI=1S/C10H7F2NO5S/c11-10(12,19(15,16)17)9(14)18-6-8-3-1-7(5-13)2-4-8/h1-4H,6H2,(H,15,16,17). The van der Waals surface area contributed by atoms with E-state index >= 15 is 0 Å². The third-order valence-electron chi connectivity index (χ3n) is 2.01. The molecule has 0 saturated carbocycles. The monoisotopic (exact) mass is 291 g/mol. The van der Waals surface area contributed by atoms with Crippen LogP contribution in [0, 0.1) is 11.3 Å². The molecule has 1 aromatic rings. The molecule has 0 amide bonds. The molecule has 0 aliphatic rings. The van der Waals surface area contributed by atoms with Crippen LogP contribution in [0.15, 0.2) is 24.3 Å². The molecular formula is C10H7F2NO5S. The summed E-state index contributed by atoms with van der Waals surface area (Å²) in [6.07, 6.45) is 0. The predicted octanol–water partition coefficient (Wildman–Crippen LogP) is 1.08. The van der Waals surface area contributed by atoms with Crippen molar-refractivity contribution >= 4 is 16.1 Å². The summed E-state index contributed by atoms with van der Waals surface area (Å²) < 4.78 is 58.3. The summed E-state index contributed by atoms with van der Waals surface area (Å²) in [5.74, 6) is -2.38. The summed E-state index contributed by atoms with van der Waals surface area (Å²) in [6, 6.07) is 7.24. The molecule has 0 bridgehead atoms. The molecule has 0 unspecified atom stereocenters. The summed E-state index contributed by atoms with van der Waals surface area (Å²) in [7, 11) is -5.87. The zero-order valence-electron chi connectivity index (χ0n) is 9.21. The van der Waals surface area contributed by atoms with Crippen molar-refractivity contribution < 1.29 is 31.3 Å². The van der Waals surface area contributed by atoms with E-state index in [-0.39, 0.29) is 5.56 Å². The van der Waals surface area contributed by atoms with Crippen LogP contribution in [0.4, 0.5) is 8.78 Å². The van der Waals surface area contributed by atoms with E-state index in [1.807, 2.05) is 6.07 Å². The van der Waals surface area contributed by atoms with Crippen LogP contribution in [0.3, 0.4) is 0 Å². The fraction of sp³-hybridized carbons (Fsp3) is 0.200. The molecule has 1 aromatic carbocycles. The van der Waals surface area contributed by atoms with Crippen LogP contribution in [0.1, 0.15) is 11.1 Å². The zero-order chi connectivity index (χ0) is 14.7. The first-order valence-electron chi connectivity index (χ1n) is 4.69. The summed E-state index contributed by atoms with van der Waals surface area (Å²) in [6.45, 7) is -0.615. The largest absolute Gasteiger partial charge is 0.465 e. The summed E-state index contributed by atoms with van der Waals surface area (Å²) in [5, 5.41) is 3.50. The number of carbonyl (C=O) groups excluding carboxylic acids is 1. The first kappa shape index (κ1) is 15.0. The Morgan fingerprint density at radius 3 is 2.32 bits per heavy atom. The zero-order valence-corrected chi connectivity index (χ0v) is 10.0. The molecule has 0 radical (unpaired) electrons. The molecule has 0 spiro atoms. The van der Waals surface area contributed by atoms with Gasteiger partial charge in [-0.2, -0.15) is 22.5 Å². The van der Waals surface area contributed by atoms with Crippen molar-refractivity contribution in [1.82, 2.24) is 0 Å². The summed E-state index contributed by atoms with van der Waals surface area (Å²) in [4.78, 5) is 10.8. The Morgan fingerprint density at radius 2 is 1.89 bits per heavy atom. The lowest BCUT2D eigenvalue weighted by atomic mass is 10.2. The maximum atomic E-state index is 12.8. The van der Waals surface area contributed by atoms with Gasteiger partial charge in [-0.15, -0.1) is 0 Å². The number of halogens is 2. The van der Waals surface area contributed by atoms with E-state index in [2.05, 4.69) is 4.74 Å². The van der Waals surface area contributed by atoms with Gasteiger partial charge in [0.1, 0.15) is 6.61 Å². The van der Waals surface area contributed by atoms with Crippen molar-refractivity contribution in [3.63, 3.8) is 0 Å². The molecular weight excluding hydrogens is 284 g/mol. The smallest absolute Gasteiger partial charge is 0.455 e. The van der Waals surface area contributed by atoms with E-state index in [1.54, 1.807) is 0 Å². The van der Waals surface area contributed by atoms with Crippen LogP contribution in [0.25, 0.3) is 0 Å². The molecule has 19 heavy (non-hydrogen) atoms. The van der Waals surface area contributed by atoms with Gasteiger partial charge >= 0.3 is 21.3 Å². The van der Waals surface area contributed by atoms with Gasteiger partial charge in [-0.05, 0) is 17.7 Å². The fourth-order valence-corrected chi connectivity index (χ4v) is 1.28. The van der Waals surface area contributed by atoms with Crippen LogP contribution in [0.2, 0.25) is 0 Å². The number of benzene rings is 1. The normalized spacial score (nSPS) is 11.7. The van der Waals surface area contributed by atoms with Crippen molar-refractivity contribution in [2.75, 3.05) is 0 Å². The molecule has 0 fully saturated rings. The Labute approximate surface area is 107 Å². The number of rotatable bonds is 4. The molecule has 0 aliphatic heterocycles. The second kappa shape index (κ2) is 5.29. The highest BCUT2D eigenvalue weighted by Gasteiger charge is 2.54. The van der Waals surface area contributed by atoms with Gasteiger partial charge in [0.25, 0.3) is 0 Å². The van der Waals surface area contributed by atoms with Gasteiger partial charge in [0.05, 0.1) is 11.6 Å². The minimum Gasteiger partial charge on any atom is -0.455 e. The lowest BCUT2D eigenvalue weighted by Crippen LogP contribution is -2.38. The minimum absolute atomic E-state index is 0.276. The lowest BCUT2D eigenvalue weighted by molar-refractivity contribution is -0.162. The van der Waals surface area contributed by atoms with Gasteiger partial charge in [-0.1, -0.05) is 12.1 Å². The molecule has 0 heterocycles. The first-order chi connectivity index (χ1) is 8.68. The van der Waals surface area contributed by atoms with Crippen LogP contribution >= 0.6 is 0 Å². The Balaban J connectivity index is 2.72. The Kier molecular flexibility index (Phi) is 4.18. The highest BCUT2D eigenvalue weighted by Crippen LogP contribution is 2.22. The van der Waals surface area contributed by atoms with Gasteiger partial charge in [0.15, 0.2) is 0 Å². The first-order valence-corrected chi connectivity index (χ1v) is 6.13. The third-order valence-corrected chi connectivity index (χ3v) is 2.83. The summed E-state index contributed by atoms with van der Waals surface area (Å²) in [5.41, 5.74) is 0.594. The molecule has 1 N–H and O–H groups in total. The van der Waals surface area contributed by atoms with Crippen LogP contribution < -0.4 is 0 Å². The van der Waals surface area contributed by atoms with E-state index in [1.165, 1.54) is 24.3 Å². The van der Waals surface area contributed by atoms with Gasteiger partial charge in [-0.25, -0.2) is 4.79 Å². The minimum atomic E-state index is -5.87. The number of hydrogen-bond donors (Lipinski definition) is 1. The quantitative estimate of drug-likeness (QED) is 0.657. The number of hydrogen-bond acceptors (Lipinski definition) is 5. The Morgan fingerprint density at radius 1 is 1.37 bits per heavy atom. The molecule has 9 heteroatoms. The molecule has 0 saturated heterocycles. The molecule has 0 aliphatic carbocycles. The molecule has 0 aromatic heterocycles. The predicted molar refractivity (Wildman–Crippen MR) is 57.4 cm³/mol. The van der Waals surface area contributed by atoms with Gasteiger partial charge in [0.2, 0.25) is 0 Å². The van der Waals surface area contributed by atoms with Crippen LogP contribution in [-0.2, 0) is 26.3 Å². The molecule has 0 atom stereocenters. The van der Waals surface area contributed by atoms with E-state index < -0.39 is 27.9 Å². The number of alkyl halides is 2. The number of nitrogens with zero attached hydrogens (tertiary/aromatic N) is 1. The van der Waals surface area contributed by atoms with Gasteiger partial charge < -0.3 is 4.74 Å². The topological polar surface area (TPSA) is 104 Å². The van der Waals surface area contributed by atoms with Crippen molar-refractivity contribution in [3.8, 4) is 6.07 Å². The average Bonchev–Trinajstić information content (AvgIpc) is 2.35. The van der Waals surface area contributed by atoms with E-state index in [9.17, 15) is 22.0 Å². The van der Waals surface area contributed by atoms with Gasteiger partial charge in [-0.3, -0.25) is 4.55 Å². The van der Waals surface area contributed by atoms with Crippen molar-refractivity contribution in [2.45, 2.75) is 11.9 Å². The summed E-state index contributed by atoms with van der Waals surface area (Å²) >= 11 is 0. The molecule has 1 rings (SSSR count). The maximum absolute atomic E-state index is 12.8. The third kappa shape index (κ3) is 3.46. The van der Waals surface area contributed by atoms with Gasteiger partial charge in [0, 0.05) is 0 Å². The maximum Gasteiger partial charge on any atom is 0.465 e. The number of nitriles is 1.